The number of aromatic nitrogens is 1. The van der Waals surface area contributed by atoms with E-state index < -0.39 is 17.1 Å². The lowest BCUT2D eigenvalue weighted by Gasteiger charge is -2.34. The number of halogens is 2. The zero-order chi connectivity index (χ0) is 24.7. The average Bonchev–Trinajstić information content (AvgIpc) is 3.32. The van der Waals surface area contributed by atoms with E-state index in [-0.39, 0.29) is 40.8 Å². The molecule has 1 saturated heterocycles. The van der Waals surface area contributed by atoms with E-state index >= 15 is 8.78 Å². The minimum absolute atomic E-state index is 0.0549. The van der Waals surface area contributed by atoms with Gasteiger partial charge in [0, 0.05) is 49.5 Å². The van der Waals surface area contributed by atoms with Crippen molar-refractivity contribution in [2.45, 2.75) is 26.4 Å². The Morgan fingerprint density at radius 1 is 1.23 bits per heavy atom. The summed E-state index contributed by atoms with van der Waals surface area (Å²) in [6, 6.07) is 6.01. The van der Waals surface area contributed by atoms with Crippen molar-refractivity contribution in [2.24, 2.45) is 0 Å². The van der Waals surface area contributed by atoms with Gasteiger partial charge < -0.3 is 24.3 Å². The summed E-state index contributed by atoms with van der Waals surface area (Å²) in [6.45, 7) is 5.74. The molecule has 3 aromatic rings. The standard InChI is InChI=1S/C26H25F2N3O4/c1-3-30-13-17(4-6-20(32)16-5-7-21-22(10-16)35-14-34-21)26(33)18-11-19(27)25(23(28)24(18)30)31-9-8-29-15(2)12-31/h4-7,10-11,13,15,29H,3,8-9,12,14H2,1-2H3/b6-4+. The number of rotatable bonds is 5. The molecule has 5 rings (SSSR count). The second kappa shape index (κ2) is 9.14. The van der Waals surface area contributed by atoms with E-state index in [2.05, 4.69) is 5.32 Å². The first-order valence-electron chi connectivity index (χ1n) is 11.5. The van der Waals surface area contributed by atoms with Crippen molar-refractivity contribution < 1.29 is 23.0 Å². The van der Waals surface area contributed by atoms with Gasteiger partial charge in [-0.15, -0.1) is 0 Å². The number of pyridine rings is 1. The quantitative estimate of drug-likeness (QED) is 0.443. The number of nitrogens with one attached hydrogen (secondary N) is 1. The number of hydrogen-bond acceptors (Lipinski definition) is 6. The summed E-state index contributed by atoms with van der Waals surface area (Å²) in [6.07, 6.45) is 4.14. The number of carbonyl (C=O) groups excluding carboxylic acids is 1. The zero-order valence-corrected chi connectivity index (χ0v) is 19.4. The molecular formula is C26H25F2N3O4. The van der Waals surface area contributed by atoms with Crippen LogP contribution in [0.15, 0.2) is 41.3 Å². The lowest BCUT2D eigenvalue weighted by molar-refractivity contribution is 0.104. The number of allylic oxidation sites excluding steroid dienone is 1. The van der Waals surface area contributed by atoms with Crippen LogP contribution < -0.4 is 25.1 Å². The Bertz CT molecular complexity index is 1420. The van der Waals surface area contributed by atoms with Crippen LogP contribution in [0.5, 0.6) is 11.5 Å². The highest BCUT2D eigenvalue weighted by Crippen LogP contribution is 2.33. The fraction of sp³-hybridized carbons (Fsp3) is 0.308. The molecule has 0 radical (unpaired) electrons. The normalized spacial score (nSPS) is 17.5. The maximum atomic E-state index is 15.7. The molecule has 1 fully saturated rings. The Morgan fingerprint density at radius 2 is 2.03 bits per heavy atom. The largest absolute Gasteiger partial charge is 0.454 e. The van der Waals surface area contributed by atoms with Crippen LogP contribution in [0, 0.1) is 11.6 Å². The Morgan fingerprint density at radius 3 is 2.80 bits per heavy atom. The SMILES string of the molecule is CCn1cc(/C=C/C(=O)c2ccc3c(c2)OCO3)c(=O)c2cc(F)c(N3CCNC(C)C3)c(F)c21. The van der Waals surface area contributed by atoms with Gasteiger partial charge in [-0.2, -0.15) is 0 Å². The highest BCUT2D eigenvalue weighted by Gasteiger charge is 2.26. The van der Waals surface area contributed by atoms with Gasteiger partial charge in [0.2, 0.25) is 6.79 Å². The van der Waals surface area contributed by atoms with Gasteiger partial charge in [0.25, 0.3) is 0 Å². The minimum atomic E-state index is -0.776. The minimum Gasteiger partial charge on any atom is -0.454 e. The van der Waals surface area contributed by atoms with E-state index in [4.69, 9.17) is 9.47 Å². The maximum absolute atomic E-state index is 15.7. The van der Waals surface area contributed by atoms with Crippen molar-refractivity contribution in [2.75, 3.05) is 31.3 Å². The predicted molar refractivity (Wildman–Crippen MR) is 129 cm³/mol. The third-order valence-corrected chi connectivity index (χ3v) is 6.35. The molecule has 0 amide bonds. The third kappa shape index (κ3) is 4.16. The third-order valence-electron chi connectivity index (χ3n) is 6.35. The zero-order valence-electron chi connectivity index (χ0n) is 19.4. The van der Waals surface area contributed by atoms with Crippen molar-refractivity contribution in [3.63, 3.8) is 0 Å². The van der Waals surface area contributed by atoms with Crippen LogP contribution in [0.25, 0.3) is 17.0 Å². The number of ether oxygens (including phenoxy) is 2. The molecule has 2 aliphatic heterocycles. The first-order valence-corrected chi connectivity index (χ1v) is 11.5. The van der Waals surface area contributed by atoms with Gasteiger partial charge >= 0.3 is 0 Å². The summed E-state index contributed by atoms with van der Waals surface area (Å²) in [5.41, 5.74) is -0.0737. The number of hydrogen-bond donors (Lipinski definition) is 1. The monoisotopic (exact) mass is 481 g/mol. The molecular weight excluding hydrogens is 456 g/mol. The van der Waals surface area contributed by atoms with E-state index in [1.165, 1.54) is 18.3 Å². The molecule has 0 spiro atoms. The molecule has 1 aromatic heterocycles. The number of anilines is 1. The molecule has 2 aliphatic rings. The molecule has 0 aliphatic carbocycles. The number of aryl methyl sites for hydroxylation is 1. The van der Waals surface area contributed by atoms with Crippen LogP contribution in [-0.4, -0.2) is 42.8 Å². The van der Waals surface area contributed by atoms with Crippen LogP contribution in [-0.2, 0) is 6.54 Å². The Labute approximate surface area is 200 Å². The summed E-state index contributed by atoms with van der Waals surface area (Å²) in [5.74, 6) is -0.832. The molecule has 2 aromatic carbocycles. The van der Waals surface area contributed by atoms with E-state index in [1.807, 2.05) is 13.8 Å². The first-order chi connectivity index (χ1) is 16.9. The summed E-state index contributed by atoms with van der Waals surface area (Å²) in [4.78, 5) is 27.5. The summed E-state index contributed by atoms with van der Waals surface area (Å²) < 4.78 is 43.0. The van der Waals surface area contributed by atoms with E-state index in [1.54, 1.807) is 27.7 Å². The number of benzene rings is 2. The summed E-state index contributed by atoms with van der Waals surface area (Å²) >= 11 is 0. The lowest BCUT2D eigenvalue weighted by Crippen LogP contribution is -2.49. The lowest BCUT2D eigenvalue weighted by atomic mass is 10.1. The molecule has 9 heteroatoms. The second-order valence-corrected chi connectivity index (χ2v) is 8.68. The van der Waals surface area contributed by atoms with Gasteiger partial charge in [-0.1, -0.05) is 0 Å². The Kier molecular flexibility index (Phi) is 6.02. The van der Waals surface area contributed by atoms with Gasteiger partial charge in [0.1, 0.15) is 11.5 Å². The molecule has 1 N–H and O–H groups in total. The smallest absolute Gasteiger partial charge is 0.231 e. The first kappa shape index (κ1) is 23.0. The second-order valence-electron chi connectivity index (χ2n) is 8.68. The summed E-state index contributed by atoms with van der Waals surface area (Å²) in [5, 5.41) is 3.19. The molecule has 1 unspecified atom stereocenters. The van der Waals surface area contributed by atoms with Crippen molar-refractivity contribution in [1.29, 1.82) is 0 Å². The van der Waals surface area contributed by atoms with Crippen LogP contribution in [0.4, 0.5) is 14.5 Å². The number of ketones is 1. The van der Waals surface area contributed by atoms with Crippen LogP contribution in [0.3, 0.4) is 0 Å². The van der Waals surface area contributed by atoms with Gasteiger partial charge in [-0.05, 0) is 50.3 Å². The topological polar surface area (TPSA) is 72.8 Å². The number of piperazine rings is 1. The molecule has 7 nitrogen and oxygen atoms in total. The van der Waals surface area contributed by atoms with Gasteiger partial charge in [0.15, 0.2) is 28.5 Å². The number of nitrogens with zero attached hydrogens (tertiary/aromatic N) is 2. The molecule has 35 heavy (non-hydrogen) atoms. The van der Waals surface area contributed by atoms with Crippen molar-refractivity contribution in [1.82, 2.24) is 9.88 Å². The number of fused-ring (bicyclic) bond motifs is 2. The van der Waals surface area contributed by atoms with Crippen molar-refractivity contribution in [3.8, 4) is 11.5 Å². The van der Waals surface area contributed by atoms with E-state index in [9.17, 15) is 9.59 Å². The molecule has 0 bridgehead atoms. The van der Waals surface area contributed by atoms with Gasteiger partial charge in [0.05, 0.1) is 10.9 Å². The molecule has 182 valence electrons. The molecule has 3 heterocycles. The van der Waals surface area contributed by atoms with Gasteiger partial charge in [-0.25, -0.2) is 8.78 Å². The van der Waals surface area contributed by atoms with Crippen LogP contribution in [0.1, 0.15) is 29.8 Å². The fourth-order valence-electron chi connectivity index (χ4n) is 4.60. The van der Waals surface area contributed by atoms with Gasteiger partial charge in [-0.3, -0.25) is 9.59 Å². The fourth-order valence-corrected chi connectivity index (χ4v) is 4.60. The number of carbonyl (C=O) groups is 1. The molecule has 1 atom stereocenters. The van der Waals surface area contributed by atoms with Crippen molar-refractivity contribution in [3.05, 3.63) is 69.5 Å². The van der Waals surface area contributed by atoms with Crippen LogP contribution >= 0.6 is 0 Å². The average molecular weight is 481 g/mol. The Hall–Kier alpha value is -3.72. The summed E-state index contributed by atoms with van der Waals surface area (Å²) in [7, 11) is 0. The van der Waals surface area contributed by atoms with Crippen LogP contribution in [0.2, 0.25) is 0 Å². The van der Waals surface area contributed by atoms with E-state index in [0.717, 1.165) is 6.07 Å². The Balaban J connectivity index is 1.54. The predicted octanol–water partition coefficient (Wildman–Crippen LogP) is 3.72. The highest BCUT2D eigenvalue weighted by molar-refractivity contribution is 6.07. The maximum Gasteiger partial charge on any atom is 0.231 e. The van der Waals surface area contributed by atoms with E-state index in [0.29, 0.717) is 43.2 Å². The molecule has 0 saturated carbocycles. The van der Waals surface area contributed by atoms with Crippen molar-refractivity contribution >= 4 is 28.4 Å². The highest BCUT2D eigenvalue weighted by atomic mass is 19.1.